The second kappa shape index (κ2) is 10.8. The second-order valence-electron chi connectivity index (χ2n) is 8.74. The zero-order chi connectivity index (χ0) is 24.2. The molecule has 0 radical (unpaired) electrons. The molecule has 1 aliphatic heterocycles. The average molecular weight is 499 g/mol. The molecule has 0 bridgehead atoms. The molecule has 8 heteroatoms. The van der Waals surface area contributed by atoms with Crippen LogP contribution in [0, 0.1) is 20.8 Å². The monoisotopic (exact) mass is 498 g/mol. The molecule has 6 nitrogen and oxygen atoms in total. The van der Waals surface area contributed by atoms with Gasteiger partial charge in [-0.05, 0) is 44.9 Å². The summed E-state index contributed by atoms with van der Waals surface area (Å²) in [5.41, 5.74) is 4.02. The summed E-state index contributed by atoms with van der Waals surface area (Å²) in [5, 5.41) is 10.5. The van der Waals surface area contributed by atoms with Crippen molar-refractivity contribution in [1.29, 1.82) is 0 Å². The van der Waals surface area contributed by atoms with Crippen LogP contribution >= 0.6 is 22.9 Å². The van der Waals surface area contributed by atoms with Crippen molar-refractivity contribution >= 4 is 34.6 Å². The first kappa shape index (κ1) is 24.6. The maximum Gasteiger partial charge on any atom is 0.308 e. The second-order valence-corrected chi connectivity index (χ2v) is 10.4. The lowest BCUT2D eigenvalue weighted by Gasteiger charge is -2.13. The van der Waals surface area contributed by atoms with E-state index in [1.54, 1.807) is 11.3 Å². The highest BCUT2D eigenvalue weighted by Crippen LogP contribution is 2.39. The summed E-state index contributed by atoms with van der Waals surface area (Å²) < 4.78 is 7.62. The van der Waals surface area contributed by atoms with Crippen molar-refractivity contribution in [2.24, 2.45) is 4.99 Å². The largest absolute Gasteiger partial charge is 0.466 e. The molecule has 0 saturated heterocycles. The van der Waals surface area contributed by atoms with Crippen molar-refractivity contribution in [1.82, 2.24) is 14.8 Å². The molecule has 0 N–H and O–H groups in total. The number of rotatable bonds is 9. The number of carbonyl (C=O) groups is 1. The summed E-state index contributed by atoms with van der Waals surface area (Å²) in [4.78, 5) is 19.1. The zero-order valence-corrected chi connectivity index (χ0v) is 21.8. The van der Waals surface area contributed by atoms with Gasteiger partial charge in [0.1, 0.15) is 16.9 Å². The van der Waals surface area contributed by atoms with Gasteiger partial charge in [0.15, 0.2) is 5.82 Å². The van der Waals surface area contributed by atoms with Gasteiger partial charge in [0.25, 0.3) is 0 Å². The Kier molecular flexibility index (Phi) is 7.84. The van der Waals surface area contributed by atoms with Crippen molar-refractivity contribution < 1.29 is 9.53 Å². The number of ether oxygens (including phenoxy) is 1. The first-order valence-corrected chi connectivity index (χ1v) is 13.1. The zero-order valence-electron chi connectivity index (χ0n) is 20.2. The summed E-state index contributed by atoms with van der Waals surface area (Å²) in [5.74, 6) is 1.19. The number of hydrogen-bond acceptors (Lipinski definition) is 6. The fourth-order valence-corrected chi connectivity index (χ4v) is 5.58. The van der Waals surface area contributed by atoms with E-state index < -0.39 is 6.04 Å². The predicted octanol–water partition coefficient (Wildman–Crippen LogP) is 6.70. The van der Waals surface area contributed by atoms with Crippen molar-refractivity contribution in [3.8, 4) is 5.00 Å². The number of nitrogens with zero attached hydrogens (tertiary/aromatic N) is 4. The van der Waals surface area contributed by atoms with Crippen LogP contribution in [-0.2, 0) is 9.53 Å². The van der Waals surface area contributed by atoms with Crippen molar-refractivity contribution in [2.75, 3.05) is 6.61 Å². The molecule has 0 saturated carbocycles. The van der Waals surface area contributed by atoms with Gasteiger partial charge >= 0.3 is 5.97 Å². The van der Waals surface area contributed by atoms with Crippen LogP contribution in [0.5, 0.6) is 0 Å². The minimum atomic E-state index is -0.487. The summed E-state index contributed by atoms with van der Waals surface area (Å²) in [6.07, 6.45) is 5.68. The Hall–Kier alpha value is -2.51. The molecule has 0 fully saturated rings. The van der Waals surface area contributed by atoms with Gasteiger partial charge in [0, 0.05) is 21.0 Å². The molecule has 0 spiro atoms. The minimum absolute atomic E-state index is 0.122. The van der Waals surface area contributed by atoms with Crippen LogP contribution in [0.15, 0.2) is 29.3 Å². The number of carbonyl (C=O) groups excluding carboxylic acids is 1. The van der Waals surface area contributed by atoms with E-state index in [1.165, 1.54) is 29.7 Å². The SMILES string of the molecule is CCCCCCCOC(=O)CC1N=C(c2ccc(Cl)cc2)c2c(sc(C)c2C)-n2c(C)nnc21. The molecule has 0 amide bonds. The topological polar surface area (TPSA) is 69.4 Å². The Balaban J connectivity index is 1.67. The van der Waals surface area contributed by atoms with Crippen LogP contribution in [0.1, 0.15) is 84.7 Å². The Labute approximate surface area is 210 Å². The van der Waals surface area contributed by atoms with Crippen LogP contribution in [0.2, 0.25) is 5.02 Å². The van der Waals surface area contributed by atoms with Gasteiger partial charge in [-0.1, -0.05) is 56.3 Å². The summed E-state index contributed by atoms with van der Waals surface area (Å²) in [6.45, 7) is 8.79. The van der Waals surface area contributed by atoms with Crippen LogP contribution < -0.4 is 0 Å². The van der Waals surface area contributed by atoms with Crippen molar-refractivity contribution in [2.45, 2.75) is 72.3 Å². The number of unbranched alkanes of at least 4 members (excludes halogenated alkanes) is 4. The molecule has 34 heavy (non-hydrogen) atoms. The number of fused-ring (bicyclic) bond motifs is 3. The summed E-state index contributed by atoms with van der Waals surface area (Å²) in [7, 11) is 0. The maximum atomic E-state index is 12.8. The molecule has 1 atom stereocenters. The van der Waals surface area contributed by atoms with E-state index in [1.807, 2.05) is 31.2 Å². The van der Waals surface area contributed by atoms with Crippen LogP contribution in [-0.4, -0.2) is 33.1 Å². The first-order chi connectivity index (χ1) is 16.4. The van der Waals surface area contributed by atoms with E-state index in [-0.39, 0.29) is 12.4 Å². The third kappa shape index (κ3) is 5.10. The van der Waals surface area contributed by atoms with Gasteiger partial charge in [0.2, 0.25) is 0 Å². The van der Waals surface area contributed by atoms with E-state index in [4.69, 9.17) is 21.3 Å². The van der Waals surface area contributed by atoms with E-state index in [0.717, 1.165) is 40.5 Å². The maximum absolute atomic E-state index is 12.8. The Morgan fingerprint density at radius 1 is 1.09 bits per heavy atom. The normalized spacial score (nSPS) is 14.9. The van der Waals surface area contributed by atoms with Gasteiger partial charge in [-0.2, -0.15) is 0 Å². The molecule has 1 aliphatic rings. The van der Waals surface area contributed by atoms with Crippen LogP contribution in [0.4, 0.5) is 0 Å². The molecule has 1 aromatic carbocycles. The number of aryl methyl sites for hydroxylation is 2. The first-order valence-electron chi connectivity index (χ1n) is 11.9. The van der Waals surface area contributed by atoms with E-state index in [9.17, 15) is 4.79 Å². The number of aliphatic imine (C=N–C) groups is 1. The summed E-state index contributed by atoms with van der Waals surface area (Å²) in [6, 6.07) is 7.20. The minimum Gasteiger partial charge on any atom is -0.466 e. The Morgan fingerprint density at radius 3 is 2.56 bits per heavy atom. The van der Waals surface area contributed by atoms with Crippen LogP contribution in [0.3, 0.4) is 0 Å². The van der Waals surface area contributed by atoms with Gasteiger partial charge in [-0.15, -0.1) is 21.5 Å². The molecule has 3 aromatic rings. The third-order valence-corrected chi connectivity index (χ3v) is 7.67. The number of benzene rings is 1. The van der Waals surface area contributed by atoms with Gasteiger partial charge in [-0.3, -0.25) is 14.4 Å². The Bertz CT molecular complexity index is 1200. The van der Waals surface area contributed by atoms with Crippen molar-refractivity contribution in [3.63, 3.8) is 0 Å². The fourth-order valence-electron chi connectivity index (χ4n) is 4.24. The Morgan fingerprint density at radius 2 is 1.82 bits per heavy atom. The number of aromatic nitrogens is 3. The van der Waals surface area contributed by atoms with E-state index in [2.05, 4.69) is 35.5 Å². The van der Waals surface area contributed by atoms with E-state index in [0.29, 0.717) is 17.5 Å². The molecule has 0 aliphatic carbocycles. The quantitative estimate of drug-likeness (QED) is 0.243. The number of thiophene rings is 1. The molecular weight excluding hydrogens is 468 g/mol. The van der Waals surface area contributed by atoms with E-state index >= 15 is 0 Å². The highest BCUT2D eigenvalue weighted by Gasteiger charge is 2.32. The fraction of sp³-hybridized carbons (Fsp3) is 0.462. The average Bonchev–Trinajstić information content (AvgIpc) is 3.29. The smallest absolute Gasteiger partial charge is 0.308 e. The predicted molar refractivity (Wildman–Crippen MR) is 138 cm³/mol. The number of esters is 1. The van der Waals surface area contributed by atoms with Crippen molar-refractivity contribution in [3.05, 3.63) is 62.5 Å². The van der Waals surface area contributed by atoms with Gasteiger partial charge in [0.05, 0.1) is 18.7 Å². The third-order valence-electron chi connectivity index (χ3n) is 6.23. The van der Waals surface area contributed by atoms with Gasteiger partial charge in [-0.25, -0.2) is 0 Å². The molecule has 1 unspecified atom stereocenters. The lowest BCUT2D eigenvalue weighted by atomic mass is 9.99. The highest BCUT2D eigenvalue weighted by atomic mass is 35.5. The number of halogens is 1. The lowest BCUT2D eigenvalue weighted by molar-refractivity contribution is -0.144. The lowest BCUT2D eigenvalue weighted by Crippen LogP contribution is -2.14. The summed E-state index contributed by atoms with van der Waals surface area (Å²) >= 11 is 7.86. The molecule has 180 valence electrons. The molecule has 3 heterocycles. The molecule has 2 aromatic heterocycles. The van der Waals surface area contributed by atoms with Crippen LogP contribution in [0.25, 0.3) is 5.00 Å². The number of hydrogen-bond donors (Lipinski definition) is 0. The molecule has 4 rings (SSSR count). The standard InChI is InChI=1S/C26H31ClN4O2S/c1-5-6-7-8-9-14-33-22(32)15-21-25-30-29-18(4)31(25)26-23(16(2)17(3)34-26)24(28-21)19-10-12-20(27)13-11-19/h10-13,21H,5-9,14-15H2,1-4H3. The molecular formula is C26H31ClN4O2S. The van der Waals surface area contributed by atoms with Gasteiger partial charge < -0.3 is 4.74 Å². The highest BCUT2D eigenvalue weighted by molar-refractivity contribution is 7.15.